The second-order valence-electron chi connectivity index (χ2n) is 10.5. The summed E-state index contributed by atoms with van der Waals surface area (Å²) in [6.07, 6.45) is 6.04. The van der Waals surface area contributed by atoms with Gasteiger partial charge in [0.15, 0.2) is 23.0 Å². The van der Waals surface area contributed by atoms with Crippen molar-refractivity contribution in [1.29, 1.82) is 0 Å². The molecule has 0 aliphatic carbocycles. The van der Waals surface area contributed by atoms with Gasteiger partial charge < -0.3 is 37.9 Å². The van der Waals surface area contributed by atoms with Crippen LogP contribution in [0.4, 0.5) is 0 Å². The minimum Gasteiger partial charge on any atom is -0.493 e. The average molecular weight is 714 g/mol. The lowest BCUT2D eigenvalue weighted by Crippen LogP contribution is -2.10. The molecule has 0 aromatic heterocycles. The minimum absolute atomic E-state index is 0.127. The van der Waals surface area contributed by atoms with Crippen LogP contribution in [0.1, 0.15) is 41.6 Å². The highest BCUT2D eigenvalue weighted by Gasteiger charge is 2.16. The van der Waals surface area contributed by atoms with E-state index in [1.54, 1.807) is 24.3 Å². The third kappa shape index (κ3) is 13.1. The highest BCUT2D eigenvalue weighted by molar-refractivity contribution is 5.97. The second-order valence-corrected chi connectivity index (χ2v) is 10.5. The largest absolute Gasteiger partial charge is 0.493 e. The van der Waals surface area contributed by atoms with Gasteiger partial charge in [0.1, 0.15) is 11.5 Å². The Morgan fingerprint density at radius 1 is 0.654 bits per heavy atom. The van der Waals surface area contributed by atoms with E-state index in [9.17, 15) is 19.2 Å². The zero-order chi connectivity index (χ0) is 37.7. The van der Waals surface area contributed by atoms with Gasteiger partial charge in [-0.1, -0.05) is 19.2 Å². The molecule has 0 bridgehead atoms. The summed E-state index contributed by atoms with van der Waals surface area (Å²) in [4.78, 5) is 51.2. The van der Waals surface area contributed by atoms with Crippen LogP contribution >= 0.6 is 0 Å². The van der Waals surface area contributed by atoms with Gasteiger partial charge in [-0.2, -0.15) is 0 Å². The molecule has 0 heterocycles. The van der Waals surface area contributed by atoms with Crippen LogP contribution in [0.2, 0.25) is 0 Å². The van der Waals surface area contributed by atoms with Gasteiger partial charge in [-0.05, 0) is 91.9 Å². The van der Waals surface area contributed by atoms with E-state index in [4.69, 9.17) is 44.5 Å². The Bertz CT molecular complexity index is 1790. The molecule has 0 aliphatic rings. The summed E-state index contributed by atoms with van der Waals surface area (Å²) in [6.45, 7) is 15.4. The first-order valence-corrected chi connectivity index (χ1v) is 16.0. The maximum Gasteiger partial charge on any atom is 0.343 e. The zero-order valence-corrected chi connectivity index (χ0v) is 28.9. The number of hydrogen-bond donors (Lipinski definition) is 0. The Morgan fingerprint density at radius 2 is 1.15 bits per heavy atom. The fraction of sp³-hybridized carbons (Fsp3) is 0.256. The van der Waals surface area contributed by atoms with Crippen molar-refractivity contribution in [2.45, 2.75) is 25.7 Å². The lowest BCUT2D eigenvalue weighted by molar-refractivity contribution is -0.138. The summed E-state index contributed by atoms with van der Waals surface area (Å²) in [5.41, 5.74) is 0.435. The van der Waals surface area contributed by atoms with Gasteiger partial charge in [-0.25, -0.2) is 19.2 Å². The third-order valence-electron chi connectivity index (χ3n) is 6.88. The third-order valence-corrected chi connectivity index (χ3v) is 6.88. The smallest absolute Gasteiger partial charge is 0.343 e. The Labute approximate surface area is 301 Å². The molecule has 3 aromatic carbocycles. The Balaban J connectivity index is 1.53. The lowest BCUT2D eigenvalue weighted by Gasteiger charge is -2.12. The molecule has 0 radical (unpaired) electrons. The molecule has 0 fully saturated rings. The number of unbranched alkanes of at least 4 members (excludes halogenated alkanes) is 2. The number of carbonyl (C=O) groups excluding carboxylic acids is 4. The molecule has 0 atom stereocenters. The molecule has 0 amide bonds. The predicted octanol–water partition coefficient (Wildman–Crippen LogP) is 6.57. The fourth-order valence-corrected chi connectivity index (χ4v) is 4.24. The van der Waals surface area contributed by atoms with Gasteiger partial charge in [-0.3, -0.25) is 4.79 Å². The minimum atomic E-state index is -0.887. The van der Waals surface area contributed by atoms with Gasteiger partial charge in [0.05, 0.1) is 52.8 Å². The Hall–Kier alpha value is -6.55. The van der Waals surface area contributed by atoms with Crippen molar-refractivity contribution >= 4 is 30.0 Å². The van der Waals surface area contributed by atoms with Crippen LogP contribution in [0.25, 0.3) is 10.9 Å². The standard InChI is InChI=1S/C39H39NO12/c1-6-36(41)49-22-10-8-20-47-32-18-12-27(25-34(32)45-4)24-31(40-3)39(44)52-30-16-14-29(15-17-30)51-38(43)28-13-19-33(35(26-28)46-5)48-21-9-11-23-50-37(42)7-2/h6-7,12-19,24-26H,1-2,8-11,20-23H2,4-5H3/b31-24-. The van der Waals surface area contributed by atoms with Crippen molar-refractivity contribution in [2.24, 2.45) is 0 Å². The van der Waals surface area contributed by atoms with Crippen LogP contribution < -0.4 is 28.4 Å². The molecule has 0 saturated heterocycles. The summed E-state index contributed by atoms with van der Waals surface area (Å²) in [7, 11) is 2.92. The lowest BCUT2D eigenvalue weighted by atomic mass is 10.1. The quantitative estimate of drug-likeness (QED) is 0.0387. The summed E-state index contributed by atoms with van der Waals surface area (Å²) in [6, 6.07) is 15.3. The van der Waals surface area contributed by atoms with E-state index in [2.05, 4.69) is 18.0 Å². The summed E-state index contributed by atoms with van der Waals surface area (Å²) in [5, 5.41) is 0. The first-order chi connectivity index (χ1) is 25.2. The normalized spacial score (nSPS) is 10.5. The van der Waals surface area contributed by atoms with Gasteiger partial charge in [0, 0.05) is 12.2 Å². The van der Waals surface area contributed by atoms with E-state index < -0.39 is 23.9 Å². The monoisotopic (exact) mass is 713 g/mol. The summed E-state index contributed by atoms with van der Waals surface area (Å²) < 4.78 is 43.0. The number of rotatable bonds is 21. The van der Waals surface area contributed by atoms with Crippen molar-refractivity contribution in [2.75, 3.05) is 40.6 Å². The molecule has 52 heavy (non-hydrogen) atoms. The molecular weight excluding hydrogens is 674 g/mol. The molecule has 0 saturated carbocycles. The number of methoxy groups -OCH3 is 2. The number of ether oxygens (including phenoxy) is 8. The number of benzene rings is 3. The Morgan fingerprint density at radius 3 is 1.67 bits per heavy atom. The molecule has 13 heteroatoms. The number of nitrogens with zero attached hydrogens (tertiary/aromatic N) is 1. The predicted molar refractivity (Wildman–Crippen MR) is 189 cm³/mol. The van der Waals surface area contributed by atoms with Gasteiger partial charge in [0.25, 0.3) is 5.70 Å². The van der Waals surface area contributed by atoms with Crippen LogP contribution in [-0.2, 0) is 23.9 Å². The second kappa shape index (κ2) is 21.5. The van der Waals surface area contributed by atoms with Crippen molar-refractivity contribution in [3.8, 4) is 34.5 Å². The van der Waals surface area contributed by atoms with Crippen LogP contribution in [0.3, 0.4) is 0 Å². The molecule has 13 nitrogen and oxygen atoms in total. The topological polar surface area (TPSA) is 146 Å². The first kappa shape index (κ1) is 39.9. The zero-order valence-electron chi connectivity index (χ0n) is 28.9. The van der Waals surface area contributed by atoms with Crippen LogP contribution in [-0.4, -0.2) is 64.5 Å². The maximum absolute atomic E-state index is 12.8. The fourth-order valence-electron chi connectivity index (χ4n) is 4.24. The van der Waals surface area contributed by atoms with E-state index in [1.165, 1.54) is 56.7 Å². The van der Waals surface area contributed by atoms with E-state index >= 15 is 0 Å². The van der Waals surface area contributed by atoms with E-state index in [0.717, 1.165) is 12.2 Å². The highest BCUT2D eigenvalue weighted by Crippen LogP contribution is 2.31. The molecule has 0 spiro atoms. The number of hydrogen-bond acceptors (Lipinski definition) is 12. The van der Waals surface area contributed by atoms with Crippen LogP contribution in [0.5, 0.6) is 34.5 Å². The molecule has 0 N–H and O–H groups in total. The Kier molecular flexibility index (Phi) is 16.5. The molecule has 3 aromatic rings. The maximum atomic E-state index is 12.8. The van der Waals surface area contributed by atoms with Gasteiger partial charge in [0.2, 0.25) is 0 Å². The first-order valence-electron chi connectivity index (χ1n) is 16.0. The van der Waals surface area contributed by atoms with E-state index in [0.29, 0.717) is 67.5 Å². The van der Waals surface area contributed by atoms with Crippen molar-refractivity contribution in [1.82, 2.24) is 0 Å². The van der Waals surface area contributed by atoms with Crippen molar-refractivity contribution in [3.05, 3.63) is 114 Å². The van der Waals surface area contributed by atoms with Gasteiger partial charge >= 0.3 is 23.9 Å². The SMILES string of the molecule is [C-]#[N+]/C(=C\c1ccc(OCCCCOC(=O)C=C)c(OC)c1)C(=O)Oc1ccc(OC(=O)c2ccc(OCCCCOC(=O)C=C)c(OC)c2)cc1. The summed E-state index contributed by atoms with van der Waals surface area (Å²) >= 11 is 0. The van der Waals surface area contributed by atoms with E-state index in [-0.39, 0.29) is 36.0 Å². The van der Waals surface area contributed by atoms with Gasteiger partial charge in [-0.15, -0.1) is 0 Å². The number of carbonyl (C=O) groups is 4. The van der Waals surface area contributed by atoms with E-state index in [1.807, 2.05) is 0 Å². The summed E-state index contributed by atoms with van der Waals surface area (Å²) in [5.74, 6) is -0.557. The molecule has 0 aliphatic heterocycles. The molecule has 0 unspecified atom stereocenters. The van der Waals surface area contributed by atoms with Crippen LogP contribution in [0, 0.1) is 6.57 Å². The van der Waals surface area contributed by atoms with Crippen LogP contribution in [0.15, 0.2) is 91.7 Å². The van der Waals surface area contributed by atoms with Crippen molar-refractivity contribution in [3.63, 3.8) is 0 Å². The molecular formula is C39H39NO12. The highest BCUT2D eigenvalue weighted by atomic mass is 16.6. The number of esters is 4. The van der Waals surface area contributed by atoms with Crippen molar-refractivity contribution < 1.29 is 57.1 Å². The molecule has 3 rings (SSSR count). The molecule has 272 valence electrons. The average Bonchev–Trinajstić information content (AvgIpc) is 3.17.